The Kier molecular flexibility index (Phi) is 2.87. The first-order valence-corrected chi connectivity index (χ1v) is 4.21. The summed E-state index contributed by atoms with van der Waals surface area (Å²) < 4.78 is 0. The fraction of sp³-hybridized carbons (Fsp3) is 0.500. The van der Waals surface area contributed by atoms with Gasteiger partial charge in [-0.25, -0.2) is 0 Å². The predicted octanol–water partition coefficient (Wildman–Crippen LogP) is 0.929. The molecular weight excluding hydrogens is 178 g/mol. The number of carbonyl (C=O) groups excluding carboxylic acids is 2. The van der Waals surface area contributed by atoms with Crippen LogP contribution in [0.4, 0.5) is 0 Å². The number of rotatable bonds is 2. The molecule has 0 aromatic carbocycles. The first-order valence-electron chi connectivity index (χ1n) is 3.77. The maximum absolute atomic E-state index is 11.3. The number of hydrogen-bond donors (Lipinski definition) is 0. The number of hydrogen-bond acceptors (Lipinski definition) is 2. The molecule has 1 unspecified atom stereocenters. The van der Waals surface area contributed by atoms with Gasteiger partial charge in [0.25, 0.3) is 5.91 Å². The molecule has 66 valence electrons. The van der Waals surface area contributed by atoms with Crippen molar-refractivity contribution in [2.24, 2.45) is 0 Å². The highest BCUT2D eigenvalue weighted by atomic mass is 35.5. The molecule has 4 heteroatoms. The van der Waals surface area contributed by atoms with Crippen molar-refractivity contribution in [2.75, 3.05) is 6.54 Å². The van der Waals surface area contributed by atoms with Crippen LogP contribution < -0.4 is 0 Å². The first-order chi connectivity index (χ1) is 5.66. The Labute approximate surface area is 76.0 Å². The van der Waals surface area contributed by atoms with E-state index in [-0.39, 0.29) is 11.8 Å². The van der Waals surface area contributed by atoms with E-state index in [0.717, 1.165) is 6.42 Å². The van der Waals surface area contributed by atoms with E-state index in [1.807, 2.05) is 0 Å². The summed E-state index contributed by atoms with van der Waals surface area (Å²) in [6.45, 7) is 3.88. The zero-order valence-electron chi connectivity index (χ0n) is 6.62. The molecule has 2 amide bonds. The van der Waals surface area contributed by atoms with Crippen LogP contribution in [-0.2, 0) is 9.59 Å². The zero-order valence-corrected chi connectivity index (χ0v) is 7.38. The molecule has 0 N–H and O–H groups in total. The molecule has 0 bridgehead atoms. The number of likely N-dealkylation sites (tertiary alicyclic amines) is 1. The minimum atomic E-state index is -0.771. The molecule has 1 atom stereocenters. The molecule has 12 heavy (non-hydrogen) atoms. The largest absolute Gasteiger partial charge is 0.281 e. The molecule has 0 radical (unpaired) electrons. The minimum Gasteiger partial charge on any atom is -0.281 e. The molecule has 0 aromatic rings. The van der Waals surface area contributed by atoms with Crippen molar-refractivity contribution in [3.05, 3.63) is 12.7 Å². The monoisotopic (exact) mass is 187 g/mol. The van der Waals surface area contributed by atoms with E-state index in [4.69, 9.17) is 11.6 Å². The Bertz CT molecular complexity index is 227. The van der Waals surface area contributed by atoms with Crippen LogP contribution in [0.15, 0.2) is 12.7 Å². The first kappa shape index (κ1) is 9.26. The predicted molar refractivity (Wildman–Crippen MR) is 45.8 cm³/mol. The average Bonchev–Trinajstić information content (AvgIpc) is 2.48. The Hall–Kier alpha value is -0.830. The number of amides is 2. The number of imide groups is 1. The topological polar surface area (TPSA) is 37.4 Å². The molecule has 0 saturated carbocycles. The molecule has 0 aliphatic carbocycles. The molecule has 1 rings (SSSR count). The van der Waals surface area contributed by atoms with Gasteiger partial charge in [-0.15, -0.1) is 18.2 Å². The summed E-state index contributed by atoms with van der Waals surface area (Å²) in [7, 11) is 0. The summed E-state index contributed by atoms with van der Waals surface area (Å²) in [6.07, 6.45) is 2.52. The Balaban J connectivity index is 2.63. The Morgan fingerprint density at radius 2 is 2.42 bits per heavy atom. The van der Waals surface area contributed by atoms with Gasteiger partial charge >= 0.3 is 0 Å². The van der Waals surface area contributed by atoms with Gasteiger partial charge in [-0.05, 0) is 6.42 Å². The summed E-state index contributed by atoms with van der Waals surface area (Å²) in [5, 5.41) is -0.771. The molecule has 1 aliphatic rings. The van der Waals surface area contributed by atoms with Gasteiger partial charge in [-0.1, -0.05) is 6.08 Å². The van der Waals surface area contributed by atoms with Crippen molar-refractivity contribution in [1.82, 2.24) is 4.90 Å². The summed E-state index contributed by atoms with van der Waals surface area (Å²) in [4.78, 5) is 23.5. The highest BCUT2D eigenvalue weighted by molar-refractivity contribution is 6.33. The van der Waals surface area contributed by atoms with Crippen molar-refractivity contribution < 1.29 is 9.59 Å². The fourth-order valence-electron chi connectivity index (χ4n) is 1.13. The van der Waals surface area contributed by atoms with Crippen LogP contribution >= 0.6 is 11.6 Å². The van der Waals surface area contributed by atoms with E-state index in [9.17, 15) is 9.59 Å². The molecule has 3 nitrogen and oxygen atoms in total. The van der Waals surface area contributed by atoms with Gasteiger partial charge in [-0.3, -0.25) is 14.5 Å². The molecular formula is C8H10ClNO2. The lowest BCUT2D eigenvalue weighted by molar-refractivity contribution is -0.141. The standard InChI is InChI=1S/C8H10ClNO2/c1-2-6(9)8(12)10-5-3-4-7(10)11/h2,6H,1,3-5H2. The third kappa shape index (κ3) is 1.67. The van der Waals surface area contributed by atoms with Crippen LogP contribution in [-0.4, -0.2) is 28.6 Å². The Morgan fingerprint density at radius 1 is 1.75 bits per heavy atom. The lowest BCUT2D eigenvalue weighted by Gasteiger charge is -2.14. The fourth-order valence-corrected chi connectivity index (χ4v) is 1.25. The second-order valence-electron chi connectivity index (χ2n) is 2.62. The number of nitrogens with zero attached hydrogens (tertiary/aromatic N) is 1. The molecule has 0 spiro atoms. The van der Waals surface area contributed by atoms with Crippen LogP contribution in [0.1, 0.15) is 12.8 Å². The van der Waals surface area contributed by atoms with Gasteiger partial charge in [-0.2, -0.15) is 0 Å². The van der Waals surface area contributed by atoms with E-state index < -0.39 is 5.38 Å². The van der Waals surface area contributed by atoms with E-state index >= 15 is 0 Å². The lowest BCUT2D eigenvalue weighted by atomic mass is 10.3. The number of carbonyl (C=O) groups is 2. The highest BCUT2D eigenvalue weighted by Crippen LogP contribution is 2.13. The third-order valence-corrected chi connectivity index (χ3v) is 2.15. The van der Waals surface area contributed by atoms with Crippen molar-refractivity contribution in [3.8, 4) is 0 Å². The maximum atomic E-state index is 11.3. The molecule has 0 aromatic heterocycles. The zero-order chi connectivity index (χ0) is 9.14. The van der Waals surface area contributed by atoms with E-state index in [0.29, 0.717) is 13.0 Å². The summed E-state index contributed by atoms with van der Waals surface area (Å²) in [5.74, 6) is -0.485. The van der Waals surface area contributed by atoms with Crippen LogP contribution in [0.25, 0.3) is 0 Å². The van der Waals surface area contributed by atoms with Crippen molar-refractivity contribution >= 4 is 23.4 Å². The van der Waals surface area contributed by atoms with E-state index in [1.165, 1.54) is 11.0 Å². The minimum absolute atomic E-state index is 0.132. The van der Waals surface area contributed by atoms with Gasteiger partial charge < -0.3 is 0 Å². The quantitative estimate of drug-likeness (QED) is 0.477. The normalized spacial score (nSPS) is 19.4. The van der Waals surface area contributed by atoms with Gasteiger partial charge in [0, 0.05) is 13.0 Å². The van der Waals surface area contributed by atoms with Gasteiger partial charge in [0.1, 0.15) is 5.38 Å². The maximum Gasteiger partial charge on any atom is 0.251 e. The average molecular weight is 188 g/mol. The summed E-state index contributed by atoms with van der Waals surface area (Å²) in [6, 6.07) is 0. The lowest BCUT2D eigenvalue weighted by Crippen LogP contribution is -2.36. The second kappa shape index (κ2) is 3.72. The van der Waals surface area contributed by atoms with Crippen LogP contribution in [0.3, 0.4) is 0 Å². The van der Waals surface area contributed by atoms with Crippen LogP contribution in [0, 0.1) is 0 Å². The van der Waals surface area contributed by atoms with Gasteiger partial charge in [0.05, 0.1) is 0 Å². The Morgan fingerprint density at radius 3 is 2.83 bits per heavy atom. The highest BCUT2D eigenvalue weighted by Gasteiger charge is 2.29. The van der Waals surface area contributed by atoms with Gasteiger partial charge in [0.15, 0.2) is 0 Å². The van der Waals surface area contributed by atoms with Crippen molar-refractivity contribution in [2.45, 2.75) is 18.2 Å². The smallest absolute Gasteiger partial charge is 0.251 e. The molecule has 1 heterocycles. The summed E-state index contributed by atoms with van der Waals surface area (Å²) in [5.41, 5.74) is 0. The molecule has 1 fully saturated rings. The molecule has 1 aliphatic heterocycles. The molecule has 1 saturated heterocycles. The van der Waals surface area contributed by atoms with E-state index in [1.54, 1.807) is 0 Å². The van der Waals surface area contributed by atoms with Crippen LogP contribution in [0.2, 0.25) is 0 Å². The van der Waals surface area contributed by atoms with Crippen LogP contribution in [0.5, 0.6) is 0 Å². The van der Waals surface area contributed by atoms with Crippen molar-refractivity contribution in [1.29, 1.82) is 0 Å². The summed E-state index contributed by atoms with van der Waals surface area (Å²) >= 11 is 5.60. The van der Waals surface area contributed by atoms with Crippen molar-refractivity contribution in [3.63, 3.8) is 0 Å². The van der Waals surface area contributed by atoms with Gasteiger partial charge in [0.2, 0.25) is 5.91 Å². The second-order valence-corrected chi connectivity index (χ2v) is 3.09. The SMILES string of the molecule is C=CC(Cl)C(=O)N1CCCC1=O. The third-order valence-electron chi connectivity index (χ3n) is 1.78. The van der Waals surface area contributed by atoms with E-state index in [2.05, 4.69) is 6.58 Å². The number of alkyl halides is 1. The number of halogens is 1.